The number of nitrogens with one attached hydrogen (secondary N) is 2. The van der Waals surface area contributed by atoms with E-state index in [1.807, 2.05) is 61.5 Å². The summed E-state index contributed by atoms with van der Waals surface area (Å²) in [4.78, 5) is 18.0. The molecule has 6 heteroatoms. The molecule has 5 rings (SSSR count). The van der Waals surface area contributed by atoms with Gasteiger partial charge in [0.05, 0.1) is 29.8 Å². The number of benzene rings is 3. The highest BCUT2D eigenvalue weighted by molar-refractivity contribution is 5.98. The Morgan fingerprint density at radius 2 is 1.88 bits per heavy atom. The van der Waals surface area contributed by atoms with Crippen LogP contribution in [-0.2, 0) is 11.3 Å². The second-order valence-corrected chi connectivity index (χ2v) is 8.45. The van der Waals surface area contributed by atoms with Gasteiger partial charge in [-0.2, -0.15) is 0 Å². The molecule has 4 aromatic rings. The standard InChI is InChI=1S/C27H28N4O2/c1-19(25-17-28-14-15-33-25)29-27(32)22-12-13-23-24(16-22)31(18-20-8-4-2-5-9-20)26(30-23)21-10-6-3-7-11-21/h2-13,16,19,25,28H,14-15,17-18H2,1H3,(H,29,32). The van der Waals surface area contributed by atoms with Gasteiger partial charge < -0.3 is 19.9 Å². The molecule has 168 valence electrons. The van der Waals surface area contributed by atoms with Crippen LogP contribution in [-0.4, -0.2) is 47.3 Å². The Kier molecular flexibility index (Phi) is 6.19. The number of imidazole rings is 1. The number of ether oxygens (including phenoxy) is 1. The molecular weight excluding hydrogens is 412 g/mol. The van der Waals surface area contributed by atoms with Gasteiger partial charge in [-0.25, -0.2) is 4.98 Å². The first-order chi connectivity index (χ1) is 16.2. The van der Waals surface area contributed by atoms with E-state index in [-0.39, 0.29) is 18.1 Å². The van der Waals surface area contributed by atoms with E-state index in [0.717, 1.165) is 35.5 Å². The Labute approximate surface area is 193 Å². The maximum Gasteiger partial charge on any atom is 0.251 e. The number of nitrogens with zero attached hydrogens (tertiary/aromatic N) is 2. The minimum absolute atomic E-state index is 0.0280. The van der Waals surface area contributed by atoms with E-state index in [4.69, 9.17) is 9.72 Å². The van der Waals surface area contributed by atoms with E-state index in [0.29, 0.717) is 18.7 Å². The fraction of sp³-hybridized carbons (Fsp3) is 0.259. The van der Waals surface area contributed by atoms with Gasteiger partial charge in [0.2, 0.25) is 0 Å². The highest BCUT2D eigenvalue weighted by atomic mass is 16.5. The average molecular weight is 441 g/mol. The molecule has 2 N–H and O–H groups in total. The van der Waals surface area contributed by atoms with E-state index in [1.54, 1.807) is 0 Å². The molecule has 1 aliphatic heterocycles. The van der Waals surface area contributed by atoms with Gasteiger partial charge in [0, 0.05) is 30.8 Å². The summed E-state index contributed by atoms with van der Waals surface area (Å²) in [5.74, 6) is 0.786. The molecule has 2 unspecified atom stereocenters. The molecule has 1 fully saturated rings. The number of morpholine rings is 1. The predicted molar refractivity (Wildman–Crippen MR) is 130 cm³/mol. The van der Waals surface area contributed by atoms with Crippen LogP contribution < -0.4 is 10.6 Å². The highest BCUT2D eigenvalue weighted by Gasteiger charge is 2.23. The Hall–Kier alpha value is -3.48. The molecule has 6 nitrogen and oxygen atoms in total. The Bertz CT molecular complexity index is 1230. The van der Waals surface area contributed by atoms with Crippen molar-refractivity contribution in [1.82, 2.24) is 20.2 Å². The molecule has 1 aromatic heterocycles. The van der Waals surface area contributed by atoms with Crippen LogP contribution in [0.2, 0.25) is 0 Å². The SMILES string of the molecule is CC(NC(=O)c1ccc2nc(-c3ccccc3)n(Cc3ccccc3)c2c1)C1CNCCO1. The molecule has 0 bridgehead atoms. The van der Waals surface area contributed by atoms with Crippen molar-refractivity contribution in [3.05, 3.63) is 90.0 Å². The van der Waals surface area contributed by atoms with Gasteiger partial charge in [0.15, 0.2) is 0 Å². The van der Waals surface area contributed by atoms with Crippen LogP contribution in [0.3, 0.4) is 0 Å². The minimum Gasteiger partial charge on any atom is -0.373 e. The van der Waals surface area contributed by atoms with Gasteiger partial charge in [-0.05, 0) is 30.7 Å². The van der Waals surface area contributed by atoms with Crippen molar-refractivity contribution < 1.29 is 9.53 Å². The largest absolute Gasteiger partial charge is 0.373 e. The van der Waals surface area contributed by atoms with Gasteiger partial charge in [-0.1, -0.05) is 60.7 Å². The highest BCUT2D eigenvalue weighted by Crippen LogP contribution is 2.27. The van der Waals surface area contributed by atoms with Crippen LogP contribution in [0.1, 0.15) is 22.8 Å². The third-order valence-corrected chi connectivity index (χ3v) is 6.10. The molecule has 1 aliphatic rings. The monoisotopic (exact) mass is 440 g/mol. The lowest BCUT2D eigenvalue weighted by Crippen LogP contribution is -2.50. The summed E-state index contributed by atoms with van der Waals surface area (Å²) >= 11 is 0. The van der Waals surface area contributed by atoms with Crippen LogP contribution in [0.4, 0.5) is 0 Å². The molecule has 3 aromatic carbocycles. The summed E-state index contributed by atoms with van der Waals surface area (Å²) in [5, 5.41) is 6.42. The number of hydrogen-bond acceptors (Lipinski definition) is 4. The number of amides is 1. The lowest BCUT2D eigenvalue weighted by atomic mass is 10.1. The summed E-state index contributed by atoms with van der Waals surface area (Å²) in [6, 6.07) is 26.1. The lowest BCUT2D eigenvalue weighted by Gasteiger charge is -2.29. The number of aromatic nitrogens is 2. The first-order valence-corrected chi connectivity index (χ1v) is 11.4. The minimum atomic E-state index is -0.104. The van der Waals surface area contributed by atoms with Gasteiger partial charge in [0.25, 0.3) is 5.91 Å². The number of hydrogen-bond donors (Lipinski definition) is 2. The topological polar surface area (TPSA) is 68.2 Å². The van der Waals surface area contributed by atoms with Crippen molar-refractivity contribution in [2.75, 3.05) is 19.7 Å². The lowest BCUT2D eigenvalue weighted by molar-refractivity contribution is 0.00860. The summed E-state index contributed by atoms with van der Waals surface area (Å²) in [7, 11) is 0. The maximum atomic E-state index is 13.1. The third-order valence-electron chi connectivity index (χ3n) is 6.10. The molecule has 2 atom stereocenters. The Balaban J connectivity index is 1.49. The number of carbonyl (C=O) groups excluding carboxylic acids is 1. The Morgan fingerprint density at radius 1 is 1.12 bits per heavy atom. The third kappa shape index (κ3) is 4.67. The first kappa shape index (κ1) is 21.4. The number of rotatable bonds is 6. The fourth-order valence-corrected chi connectivity index (χ4v) is 4.29. The zero-order chi connectivity index (χ0) is 22.6. The molecule has 1 saturated heterocycles. The van der Waals surface area contributed by atoms with Gasteiger partial charge >= 0.3 is 0 Å². The quantitative estimate of drug-likeness (QED) is 0.478. The van der Waals surface area contributed by atoms with E-state index in [1.165, 1.54) is 5.56 Å². The van der Waals surface area contributed by atoms with Crippen molar-refractivity contribution >= 4 is 16.9 Å². The molecular formula is C27H28N4O2. The molecule has 2 heterocycles. The first-order valence-electron chi connectivity index (χ1n) is 11.4. The summed E-state index contributed by atoms with van der Waals surface area (Å²) < 4.78 is 7.98. The maximum absolute atomic E-state index is 13.1. The van der Waals surface area contributed by atoms with E-state index in [9.17, 15) is 4.79 Å². The molecule has 0 radical (unpaired) electrons. The number of carbonyl (C=O) groups is 1. The van der Waals surface area contributed by atoms with Gasteiger partial charge in [-0.3, -0.25) is 4.79 Å². The van der Waals surface area contributed by atoms with Gasteiger partial charge in [0.1, 0.15) is 5.82 Å². The predicted octanol–water partition coefficient (Wildman–Crippen LogP) is 3.86. The Morgan fingerprint density at radius 3 is 2.61 bits per heavy atom. The second kappa shape index (κ2) is 9.57. The molecule has 33 heavy (non-hydrogen) atoms. The van der Waals surface area contributed by atoms with Crippen molar-refractivity contribution in [3.63, 3.8) is 0 Å². The molecule has 1 amide bonds. The van der Waals surface area contributed by atoms with Crippen LogP contribution in [0, 0.1) is 0 Å². The summed E-state index contributed by atoms with van der Waals surface area (Å²) in [6.07, 6.45) is -0.0280. The van der Waals surface area contributed by atoms with Crippen molar-refractivity contribution in [3.8, 4) is 11.4 Å². The van der Waals surface area contributed by atoms with Crippen LogP contribution in [0.5, 0.6) is 0 Å². The van der Waals surface area contributed by atoms with Crippen LogP contribution in [0.25, 0.3) is 22.4 Å². The van der Waals surface area contributed by atoms with E-state index in [2.05, 4.69) is 39.5 Å². The molecule has 0 spiro atoms. The zero-order valence-electron chi connectivity index (χ0n) is 18.7. The van der Waals surface area contributed by atoms with Crippen LogP contribution >= 0.6 is 0 Å². The summed E-state index contributed by atoms with van der Waals surface area (Å²) in [5.41, 5.74) is 4.65. The fourth-order valence-electron chi connectivity index (χ4n) is 4.29. The van der Waals surface area contributed by atoms with Crippen molar-refractivity contribution in [2.24, 2.45) is 0 Å². The zero-order valence-corrected chi connectivity index (χ0v) is 18.7. The average Bonchev–Trinajstić information content (AvgIpc) is 3.23. The van der Waals surface area contributed by atoms with Gasteiger partial charge in [-0.15, -0.1) is 0 Å². The normalized spacial score (nSPS) is 17.1. The number of fused-ring (bicyclic) bond motifs is 1. The molecule has 0 aliphatic carbocycles. The van der Waals surface area contributed by atoms with Crippen molar-refractivity contribution in [2.45, 2.75) is 25.6 Å². The van der Waals surface area contributed by atoms with Crippen molar-refractivity contribution in [1.29, 1.82) is 0 Å². The summed E-state index contributed by atoms with van der Waals surface area (Å²) in [6.45, 7) is 4.91. The molecule has 0 saturated carbocycles. The smallest absolute Gasteiger partial charge is 0.251 e. The van der Waals surface area contributed by atoms with Crippen LogP contribution in [0.15, 0.2) is 78.9 Å². The van der Waals surface area contributed by atoms with E-state index >= 15 is 0 Å². The van der Waals surface area contributed by atoms with E-state index < -0.39 is 0 Å². The second-order valence-electron chi connectivity index (χ2n) is 8.45.